The second kappa shape index (κ2) is 3.88. The van der Waals surface area contributed by atoms with Gasteiger partial charge in [-0.25, -0.2) is 14.0 Å². The number of aryl methyl sites for hydroxylation is 1. The van der Waals surface area contributed by atoms with Gasteiger partial charge in [-0.1, -0.05) is 17.7 Å². The van der Waals surface area contributed by atoms with Crippen molar-refractivity contribution in [2.75, 3.05) is 18.4 Å². The summed E-state index contributed by atoms with van der Waals surface area (Å²) in [5.74, 6) is 0. The van der Waals surface area contributed by atoms with Crippen LogP contribution in [0.25, 0.3) is 0 Å². The number of benzene rings is 1. The monoisotopic (exact) mass is 239 g/mol. The normalized spacial score (nSPS) is 21.9. The highest BCUT2D eigenvalue weighted by Gasteiger charge is 2.39. The van der Waals surface area contributed by atoms with Gasteiger partial charge in [0.15, 0.2) is 0 Å². The van der Waals surface area contributed by atoms with Gasteiger partial charge in [-0.15, -0.1) is 4.41 Å². The summed E-state index contributed by atoms with van der Waals surface area (Å²) in [5.41, 5.74) is 1.74. The zero-order valence-corrected chi connectivity index (χ0v) is 10.2. The molecular weight excluding hydrogens is 226 g/mol. The smallest absolute Gasteiger partial charge is 0.246 e. The third-order valence-electron chi connectivity index (χ3n) is 2.52. The number of rotatable bonds is 1. The van der Waals surface area contributed by atoms with Gasteiger partial charge in [0.25, 0.3) is 0 Å². The van der Waals surface area contributed by atoms with Gasteiger partial charge in [0.2, 0.25) is 11.2 Å². The van der Waals surface area contributed by atoms with Crippen LogP contribution in [-0.2, 0) is 11.2 Å². The Hall–Kier alpha value is -1.40. The minimum atomic E-state index is -1.48. The van der Waals surface area contributed by atoms with E-state index in [0.29, 0.717) is 5.69 Å². The summed E-state index contributed by atoms with van der Waals surface area (Å²) in [4.78, 5) is 11.8. The maximum atomic E-state index is 11.9. The summed E-state index contributed by atoms with van der Waals surface area (Å²) in [6, 6.07) is 7.07. The van der Waals surface area contributed by atoms with Crippen molar-refractivity contribution >= 4 is 22.9 Å². The molecule has 0 aromatic heterocycles. The quantitative estimate of drug-likeness (QED) is 0.741. The summed E-state index contributed by atoms with van der Waals surface area (Å²) in [7, 11) is 3.20. The van der Waals surface area contributed by atoms with Crippen molar-refractivity contribution < 1.29 is 9.00 Å². The van der Waals surface area contributed by atoms with E-state index >= 15 is 0 Å². The molecule has 0 radical (unpaired) electrons. The van der Waals surface area contributed by atoms with Crippen molar-refractivity contribution in [2.45, 2.75) is 6.92 Å². The molecular formula is C10H13N3O2S. The number of urea groups is 1. The largest absolute Gasteiger partial charge is 0.352 e. The maximum Gasteiger partial charge on any atom is 0.352 e. The minimum Gasteiger partial charge on any atom is -0.246 e. The SMILES string of the molecule is Cc1ccc(N2C(=O)N(C)N(C)S2=O)cc1. The lowest BCUT2D eigenvalue weighted by atomic mass is 10.2. The summed E-state index contributed by atoms with van der Waals surface area (Å²) in [5, 5.41) is 1.33. The number of hydrogen-bond acceptors (Lipinski definition) is 2. The third kappa shape index (κ3) is 1.60. The lowest BCUT2D eigenvalue weighted by molar-refractivity contribution is 0.162. The van der Waals surface area contributed by atoms with Gasteiger partial charge in [0, 0.05) is 14.1 Å². The Kier molecular flexibility index (Phi) is 2.69. The lowest BCUT2D eigenvalue weighted by Crippen LogP contribution is -2.32. The van der Waals surface area contributed by atoms with E-state index < -0.39 is 11.2 Å². The van der Waals surface area contributed by atoms with Gasteiger partial charge in [0.1, 0.15) is 0 Å². The fourth-order valence-electron chi connectivity index (χ4n) is 1.42. The first-order valence-electron chi connectivity index (χ1n) is 4.82. The van der Waals surface area contributed by atoms with E-state index in [1.807, 2.05) is 19.1 Å². The molecule has 0 saturated carbocycles. The molecule has 1 fully saturated rings. The highest BCUT2D eigenvalue weighted by atomic mass is 32.2. The van der Waals surface area contributed by atoms with Crippen LogP contribution < -0.4 is 4.31 Å². The number of anilines is 1. The van der Waals surface area contributed by atoms with E-state index in [1.54, 1.807) is 26.2 Å². The third-order valence-corrected chi connectivity index (χ3v) is 3.90. The molecule has 2 amide bonds. The molecule has 6 heteroatoms. The molecule has 5 nitrogen and oxygen atoms in total. The molecule has 1 saturated heterocycles. The van der Waals surface area contributed by atoms with Crippen molar-refractivity contribution in [1.29, 1.82) is 0 Å². The van der Waals surface area contributed by atoms with E-state index in [1.165, 1.54) is 13.7 Å². The van der Waals surface area contributed by atoms with Gasteiger partial charge in [0.05, 0.1) is 5.69 Å². The van der Waals surface area contributed by atoms with Crippen LogP contribution in [0.3, 0.4) is 0 Å². The van der Waals surface area contributed by atoms with E-state index in [0.717, 1.165) is 5.56 Å². The van der Waals surface area contributed by atoms with Crippen molar-refractivity contribution in [3.05, 3.63) is 29.8 Å². The van der Waals surface area contributed by atoms with Crippen LogP contribution in [-0.4, -0.2) is 33.8 Å². The Balaban J connectivity index is 2.38. The highest BCUT2D eigenvalue weighted by Crippen LogP contribution is 2.25. The molecule has 0 N–H and O–H groups in total. The second-order valence-corrected chi connectivity index (χ2v) is 4.99. The van der Waals surface area contributed by atoms with Crippen LogP contribution >= 0.6 is 0 Å². The Morgan fingerprint density at radius 3 is 2.12 bits per heavy atom. The fourth-order valence-corrected chi connectivity index (χ4v) is 2.49. The Morgan fingerprint density at radius 1 is 1.12 bits per heavy atom. The zero-order chi connectivity index (χ0) is 11.9. The molecule has 1 aliphatic heterocycles. The number of carbonyl (C=O) groups is 1. The summed E-state index contributed by atoms with van der Waals surface area (Å²) in [6.45, 7) is 1.96. The molecule has 0 bridgehead atoms. The molecule has 1 aliphatic rings. The van der Waals surface area contributed by atoms with Crippen LogP contribution in [0, 0.1) is 6.92 Å². The standard InChI is InChI=1S/C10H13N3O2S/c1-8-4-6-9(7-5-8)13-10(14)11(2)12(3)16(13)15/h4-7H,1-3H3. The van der Waals surface area contributed by atoms with E-state index in [2.05, 4.69) is 0 Å². The van der Waals surface area contributed by atoms with Crippen molar-refractivity contribution in [1.82, 2.24) is 9.42 Å². The number of hydrogen-bond donors (Lipinski definition) is 0. The van der Waals surface area contributed by atoms with E-state index in [-0.39, 0.29) is 6.03 Å². The topological polar surface area (TPSA) is 43.9 Å². The molecule has 1 aromatic rings. The van der Waals surface area contributed by atoms with Crippen LogP contribution in [0.2, 0.25) is 0 Å². The van der Waals surface area contributed by atoms with E-state index in [9.17, 15) is 9.00 Å². The molecule has 86 valence electrons. The predicted molar refractivity (Wildman–Crippen MR) is 62.7 cm³/mol. The lowest BCUT2D eigenvalue weighted by Gasteiger charge is -2.12. The Morgan fingerprint density at radius 2 is 1.69 bits per heavy atom. The average Bonchev–Trinajstić information content (AvgIpc) is 2.46. The zero-order valence-electron chi connectivity index (χ0n) is 9.38. The molecule has 1 atom stereocenters. The minimum absolute atomic E-state index is 0.287. The number of carbonyl (C=O) groups excluding carboxylic acids is 1. The van der Waals surface area contributed by atoms with Gasteiger partial charge < -0.3 is 0 Å². The second-order valence-electron chi connectivity index (χ2n) is 3.63. The summed E-state index contributed by atoms with van der Waals surface area (Å²) >= 11 is -1.48. The highest BCUT2D eigenvalue weighted by molar-refractivity contribution is 7.85. The van der Waals surface area contributed by atoms with Crippen LogP contribution in [0.5, 0.6) is 0 Å². The van der Waals surface area contributed by atoms with E-state index in [4.69, 9.17) is 0 Å². The maximum absolute atomic E-state index is 11.9. The first-order valence-corrected chi connectivity index (χ1v) is 5.89. The fraction of sp³-hybridized carbons (Fsp3) is 0.300. The van der Waals surface area contributed by atoms with Crippen LogP contribution in [0.15, 0.2) is 24.3 Å². The van der Waals surface area contributed by atoms with Crippen LogP contribution in [0.1, 0.15) is 5.56 Å². The van der Waals surface area contributed by atoms with Gasteiger partial charge in [-0.2, -0.15) is 4.31 Å². The summed E-state index contributed by atoms with van der Waals surface area (Å²) < 4.78 is 14.6. The molecule has 16 heavy (non-hydrogen) atoms. The number of nitrogens with zero attached hydrogens (tertiary/aromatic N) is 3. The molecule has 2 rings (SSSR count). The number of amides is 2. The van der Waals surface area contributed by atoms with Gasteiger partial charge >= 0.3 is 6.03 Å². The first kappa shape index (κ1) is 11.1. The van der Waals surface area contributed by atoms with Crippen molar-refractivity contribution in [3.8, 4) is 0 Å². The number of hydrazine groups is 1. The van der Waals surface area contributed by atoms with Gasteiger partial charge in [-0.3, -0.25) is 0 Å². The van der Waals surface area contributed by atoms with Gasteiger partial charge in [-0.05, 0) is 19.1 Å². The van der Waals surface area contributed by atoms with Crippen molar-refractivity contribution in [3.63, 3.8) is 0 Å². The Labute approximate surface area is 96.9 Å². The molecule has 0 aliphatic carbocycles. The van der Waals surface area contributed by atoms with Crippen LogP contribution in [0.4, 0.5) is 10.5 Å². The average molecular weight is 239 g/mol. The molecule has 1 heterocycles. The molecule has 1 unspecified atom stereocenters. The summed E-state index contributed by atoms with van der Waals surface area (Å²) in [6.07, 6.45) is 0. The molecule has 0 spiro atoms. The first-order chi connectivity index (χ1) is 7.52. The predicted octanol–water partition coefficient (Wildman–Crippen LogP) is 1.29. The molecule has 1 aromatic carbocycles. The van der Waals surface area contributed by atoms with Crippen molar-refractivity contribution in [2.24, 2.45) is 0 Å². The Bertz CT molecular complexity index is 426.